The van der Waals surface area contributed by atoms with Crippen LogP contribution in [0.5, 0.6) is 51.7 Å². The normalized spacial score (nSPS) is 13.6. The Morgan fingerprint density at radius 1 is 0.344 bits per heavy atom. The number of benzene rings is 6. The minimum Gasteiger partial charge on any atom is -0.508 e. The highest BCUT2D eigenvalue weighted by molar-refractivity contribution is 5.70. The zero-order valence-electron chi connectivity index (χ0n) is 34.5. The van der Waals surface area contributed by atoms with Gasteiger partial charge in [0.05, 0.1) is 0 Å². The molecule has 6 aromatic carbocycles. The van der Waals surface area contributed by atoms with Crippen molar-refractivity contribution in [3.63, 3.8) is 0 Å². The number of ether oxygens (including phenoxy) is 2. The monoisotopic (exact) mass is 884 g/mol. The van der Waals surface area contributed by atoms with Gasteiger partial charge in [-0.3, -0.25) is 9.59 Å². The summed E-state index contributed by atoms with van der Waals surface area (Å²) in [5.41, 5.74) is 2.46. The Morgan fingerprint density at radius 2 is 0.625 bits per heavy atom. The van der Waals surface area contributed by atoms with Crippen LogP contribution in [0.15, 0.2) is 121 Å². The van der Waals surface area contributed by atoms with Crippen molar-refractivity contribution in [1.82, 2.24) is 0 Å². The van der Waals surface area contributed by atoms with Gasteiger partial charge in [-0.2, -0.15) is 0 Å². The number of rotatable bonds is 11. The van der Waals surface area contributed by atoms with Gasteiger partial charge in [-0.25, -0.2) is 0 Å². The molecule has 64 heavy (non-hydrogen) atoms. The van der Waals surface area contributed by atoms with E-state index >= 15 is 0 Å². The summed E-state index contributed by atoms with van der Waals surface area (Å²) in [5.74, 6) is -1.63. The molecule has 0 bridgehead atoms. The Labute approximate surface area is 366 Å². The topological polar surface area (TPSA) is 316 Å². The molecule has 0 spiro atoms. The lowest BCUT2D eigenvalue weighted by molar-refractivity contribution is -0.132. The summed E-state index contributed by atoms with van der Waals surface area (Å²) in [5, 5.41) is 126. The van der Waals surface area contributed by atoms with E-state index in [4.69, 9.17) is 14.6 Å². The number of aryl methyl sites for hydroxylation is 1. The van der Waals surface area contributed by atoms with Crippen LogP contribution < -0.4 is 9.47 Å². The fourth-order valence-electron chi connectivity index (χ4n) is 6.20. The van der Waals surface area contributed by atoms with Crippen molar-refractivity contribution in [2.75, 3.05) is 0 Å². The Kier molecular flexibility index (Phi) is 17.0. The van der Waals surface area contributed by atoms with Crippen molar-refractivity contribution in [1.29, 1.82) is 0 Å². The third kappa shape index (κ3) is 14.3. The molecule has 0 aromatic heterocycles. The molecule has 17 heteroatoms. The second-order valence-electron chi connectivity index (χ2n) is 14.4. The maximum Gasteiger partial charge on any atom is 0.308 e. The van der Waals surface area contributed by atoms with E-state index in [1.54, 1.807) is 31.2 Å². The number of aromatic hydroxyl groups is 7. The number of hydrogen-bond acceptors (Lipinski definition) is 17. The van der Waals surface area contributed by atoms with Crippen LogP contribution in [0.1, 0.15) is 89.4 Å². The predicted molar refractivity (Wildman–Crippen MR) is 227 cm³/mol. The van der Waals surface area contributed by atoms with Gasteiger partial charge >= 0.3 is 11.9 Å². The fraction of sp³-hybridized carbons (Fsp3) is 0.191. The molecular weight excluding hydrogens is 836 g/mol. The number of esters is 2. The molecule has 0 aliphatic heterocycles. The third-order valence-electron chi connectivity index (χ3n) is 9.09. The van der Waals surface area contributed by atoms with Gasteiger partial charge in [0.1, 0.15) is 88.4 Å². The van der Waals surface area contributed by atoms with E-state index in [1.165, 1.54) is 92.7 Å². The van der Waals surface area contributed by atoms with Crippen molar-refractivity contribution in [2.24, 2.45) is 0 Å². The Bertz CT molecular complexity index is 2390. The first-order chi connectivity index (χ1) is 30.1. The summed E-state index contributed by atoms with van der Waals surface area (Å²) in [6, 6.07) is 27.4. The third-order valence-corrected chi connectivity index (χ3v) is 9.09. The van der Waals surface area contributed by atoms with Crippen LogP contribution in [0, 0.1) is 6.92 Å². The van der Waals surface area contributed by atoms with Gasteiger partial charge in [0.15, 0.2) is 0 Å². The Balaban J connectivity index is 0.000000213. The predicted octanol–water partition coefficient (Wildman–Crippen LogP) is 5.46. The fourth-order valence-corrected chi connectivity index (χ4v) is 6.20. The lowest BCUT2D eigenvalue weighted by Gasteiger charge is -2.20. The summed E-state index contributed by atoms with van der Waals surface area (Å²) in [6.07, 6.45) is -7.85. The van der Waals surface area contributed by atoms with E-state index in [9.17, 15) is 70.9 Å². The van der Waals surface area contributed by atoms with Crippen LogP contribution in [-0.4, -0.2) is 78.3 Å². The maximum absolute atomic E-state index is 11.1. The average molecular weight is 885 g/mol. The van der Waals surface area contributed by atoms with Gasteiger partial charge in [-0.05, 0) is 119 Å². The van der Waals surface area contributed by atoms with Crippen molar-refractivity contribution < 1.29 is 85.4 Å². The molecule has 0 saturated heterocycles. The van der Waals surface area contributed by atoms with Gasteiger partial charge < -0.3 is 75.9 Å². The molecule has 6 rings (SSSR count). The SMILES string of the molecule is CC(=O)Oc1ccc(C(O)C(O)c2cc(C)cc(OC(C)=O)c2)cc1.Oc1cc(O)cc(C(O)C(O)c2cc(O)cc(O)c2)c1.Oc1ccc(C(O)C(O)c2cc(O)cc(O)c2)cc1. The summed E-state index contributed by atoms with van der Waals surface area (Å²) >= 11 is 0. The smallest absolute Gasteiger partial charge is 0.308 e. The van der Waals surface area contributed by atoms with E-state index in [2.05, 4.69) is 0 Å². The molecule has 0 saturated carbocycles. The highest BCUT2D eigenvalue weighted by atomic mass is 16.5. The molecule has 0 aliphatic carbocycles. The molecule has 13 N–H and O–H groups in total. The maximum atomic E-state index is 11.1. The number of hydrogen-bond donors (Lipinski definition) is 13. The molecule has 0 heterocycles. The van der Waals surface area contributed by atoms with E-state index < -0.39 is 48.6 Å². The molecule has 17 nitrogen and oxygen atoms in total. The molecule has 0 radical (unpaired) electrons. The first-order valence-electron chi connectivity index (χ1n) is 19.1. The largest absolute Gasteiger partial charge is 0.508 e. The molecule has 6 unspecified atom stereocenters. The summed E-state index contributed by atoms with van der Waals surface area (Å²) in [7, 11) is 0. The quantitative estimate of drug-likeness (QED) is 0.0567. The van der Waals surface area contributed by atoms with Gasteiger partial charge in [0.2, 0.25) is 0 Å². The first kappa shape index (κ1) is 49.3. The highest BCUT2D eigenvalue weighted by Gasteiger charge is 2.24. The minimum absolute atomic E-state index is 0.0560. The molecular formula is C47H48O17. The van der Waals surface area contributed by atoms with Gasteiger partial charge in [-0.15, -0.1) is 0 Å². The summed E-state index contributed by atoms with van der Waals surface area (Å²) in [6.45, 7) is 4.38. The molecule has 0 aliphatic rings. The zero-order chi connectivity index (χ0) is 47.4. The van der Waals surface area contributed by atoms with Crippen LogP contribution in [0.2, 0.25) is 0 Å². The van der Waals surface area contributed by atoms with Gasteiger partial charge in [-0.1, -0.05) is 30.3 Å². The number of carbonyl (C=O) groups is 2. The standard InChI is InChI=1S/C19H20O6.C14H14O6.C14H14O5/c1-11-8-15(10-17(9-11)25-13(3)21)19(23)18(22)14-4-6-16(7-5-14)24-12(2)20;15-9-1-7(2-10(16)5-9)13(19)14(20)8-3-11(17)6-12(18)4-8;15-10-3-1-8(2-4-10)13(18)14(19)9-5-11(16)7-12(17)6-9/h4-10,18-19,22-23H,1-3H3;1-6,13-20H;1-7,13-19H. The summed E-state index contributed by atoms with van der Waals surface area (Å²) in [4.78, 5) is 22.0. The lowest BCUT2D eigenvalue weighted by atomic mass is 9.97. The number of aliphatic hydroxyl groups is 6. The van der Waals surface area contributed by atoms with E-state index in [0.717, 1.165) is 23.8 Å². The van der Waals surface area contributed by atoms with E-state index in [-0.39, 0.29) is 56.9 Å². The Morgan fingerprint density at radius 3 is 0.953 bits per heavy atom. The summed E-state index contributed by atoms with van der Waals surface area (Å²) < 4.78 is 9.97. The number of carbonyl (C=O) groups excluding carboxylic acids is 2. The zero-order valence-corrected chi connectivity index (χ0v) is 34.5. The van der Waals surface area contributed by atoms with Gasteiger partial charge in [0, 0.05) is 32.0 Å². The lowest BCUT2D eigenvalue weighted by Crippen LogP contribution is -2.11. The van der Waals surface area contributed by atoms with Crippen LogP contribution in [0.4, 0.5) is 0 Å². The molecule has 0 amide bonds. The van der Waals surface area contributed by atoms with E-state index in [1.807, 2.05) is 0 Å². The first-order valence-corrected chi connectivity index (χ1v) is 19.1. The number of phenolic OH excluding ortho intramolecular Hbond substituents is 7. The average Bonchev–Trinajstić information content (AvgIpc) is 3.21. The molecule has 0 fully saturated rings. The van der Waals surface area contributed by atoms with Crippen molar-refractivity contribution in [3.05, 3.63) is 160 Å². The molecule has 6 aromatic rings. The van der Waals surface area contributed by atoms with Crippen molar-refractivity contribution in [3.8, 4) is 51.7 Å². The van der Waals surface area contributed by atoms with Crippen LogP contribution in [0.3, 0.4) is 0 Å². The van der Waals surface area contributed by atoms with Crippen LogP contribution >= 0.6 is 0 Å². The Hall–Kier alpha value is -7.38. The minimum atomic E-state index is -1.45. The van der Waals surface area contributed by atoms with Crippen molar-refractivity contribution in [2.45, 2.75) is 57.4 Å². The number of aliphatic hydroxyl groups excluding tert-OH is 6. The van der Waals surface area contributed by atoms with Crippen LogP contribution in [-0.2, 0) is 9.59 Å². The van der Waals surface area contributed by atoms with E-state index in [0.29, 0.717) is 28.2 Å². The molecule has 6 atom stereocenters. The highest BCUT2D eigenvalue weighted by Crippen LogP contribution is 2.37. The second-order valence-corrected chi connectivity index (χ2v) is 14.4. The van der Waals surface area contributed by atoms with Crippen LogP contribution in [0.25, 0.3) is 0 Å². The van der Waals surface area contributed by atoms with Gasteiger partial charge in [0.25, 0.3) is 0 Å². The molecule has 338 valence electrons. The number of phenols is 7. The second kappa shape index (κ2) is 22.1. The van der Waals surface area contributed by atoms with Crippen molar-refractivity contribution >= 4 is 11.9 Å².